The molecule has 2 aliphatic heterocycles. The number of benzene rings is 3. The normalized spacial score (nSPS) is 14.8. The Bertz CT molecular complexity index is 1450. The smallest absolute Gasteiger partial charge is 0.340 e. The Balaban J connectivity index is 1.51. The van der Waals surface area contributed by atoms with E-state index in [1.54, 1.807) is 22.7 Å². The van der Waals surface area contributed by atoms with Gasteiger partial charge < -0.3 is 9.47 Å². The lowest BCUT2D eigenvalue weighted by molar-refractivity contribution is 0.0224. The van der Waals surface area contributed by atoms with Crippen molar-refractivity contribution in [2.45, 2.75) is 5.60 Å². The van der Waals surface area contributed by atoms with Gasteiger partial charge in [0, 0.05) is 26.4 Å². The van der Waals surface area contributed by atoms with E-state index in [9.17, 15) is 4.79 Å². The standard InChI is InChI=1S/C28H16O3S2/c29-27-19-5-1-2-6-20(19)28(31-27)21-11-9-17(25-7-3-13-32-25)15-23(21)30-24-16-18(10-12-22(24)28)26-8-4-14-33-26/h1-16H. The predicted octanol–water partition coefficient (Wildman–Crippen LogP) is 7.71. The van der Waals surface area contributed by atoms with Crippen molar-refractivity contribution in [1.29, 1.82) is 0 Å². The molecule has 0 atom stereocenters. The average Bonchev–Trinajstić information content (AvgIpc) is 3.61. The molecule has 5 aromatic rings. The van der Waals surface area contributed by atoms with Gasteiger partial charge in [-0.25, -0.2) is 4.79 Å². The molecule has 33 heavy (non-hydrogen) atoms. The molecular weight excluding hydrogens is 448 g/mol. The van der Waals surface area contributed by atoms with Crippen molar-refractivity contribution in [1.82, 2.24) is 0 Å². The Labute approximate surface area is 198 Å². The average molecular weight is 465 g/mol. The highest BCUT2D eigenvalue weighted by atomic mass is 32.1. The predicted molar refractivity (Wildman–Crippen MR) is 131 cm³/mol. The van der Waals surface area contributed by atoms with E-state index in [-0.39, 0.29) is 5.97 Å². The van der Waals surface area contributed by atoms with Crippen molar-refractivity contribution in [3.8, 4) is 32.4 Å². The number of thiophene rings is 2. The molecule has 7 rings (SSSR count). The summed E-state index contributed by atoms with van der Waals surface area (Å²) in [5.41, 5.74) is 4.27. The minimum absolute atomic E-state index is 0.311. The summed E-state index contributed by atoms with van der Waals surface area (Å²) in [5, 5.41) is 4.13. The Morgan fingerprint density at radius 3 is 1.82 bits per heavy atom. The van der Waals surface area contributed by atoms with E-state index >= 15 is 0 Å². The van der Waals surface area contributed by atoms with Gasteiger partial charge in [-0.1, -0.05) is 42.5 Å². The zero-order valence-corrected chi connectivity index (χ0v) is 18.9. The van der Waals surface area contributed by atoms with E-state index in [1.165, 1.54) is 0 Å². The van der Waals surface area contributed by atoms with Crippen LogP contribution in [0.15, 0.2) is 95.7 Å². The highest BCUT2D eigenvalue weighted by Gasteiger charge is 2.53. The fraction of sp³-hybridized carbons (Fsp3) is 0.0357. The van der Waals surface area contributed by atoms with Crippen LogP contribution >= 0.6 is 22.7 Å². The van der Waals surface area contributed by atoms with E-state index in [0.717, 1.165) is 37.6 Å². The summed E-state index contributed by atoms with van der Waals surface area (Å²) in [6.07, 6.45) is 0. The van der Waals surface area contributed by atoms with E-state index in [1.807, 2.05) is 48.5 Å². The van der Waals surface area contributed by atoms with Gasteiger partial charge in [-0.05, 0) is 64.4 Å². The maximum Gasteiger partial charge on any atom is 0.340 e. The highest BCUT2D eigenvalue weighted by molar-refractivity contribution is 7.13. The van der Waals surface area contributed by atoms with Crippen LogP contribution in [0.25, 0.3) is 20.9 Å². The summed E-state index contributed by atoms with van der Waals surface area (Å²) in [5.74, 6) is 1.11. The van der Waals surface area contributed by atoms with E-state index < -0.39 is 5.60 Å². The Morgan fingerprint density at radius 2 is 1.24 bits per heavy atom. The fourth-order valence-electron chi connectivity index (χ4n) is 4.87. The summed E-state index contributed by atoms with van der Waals surface area (Å²) in [6, 6.07) is 28.3. The van der Waals surface area contributed by atoms with Crippen LogP contribution in [0.3, 0.4) is 0 Å². The molecule has 3 aromatic carbocycles. The minimum Gasteiger partial charge on any atom is -0.456 e. The third-order valence-corrected chi connectivity index (χ3v) is 8.16. The molecule has 0 aliphatic carbocycles. The number of fused-ring (bicyclic) bond motifs is 6. The van der Waals surface area contributed by atoms with E-state index in [4.69, 9.17) is 9.47 Å². The van der Waals surface area contributed by atoms with E-state index in [2.05, 4.69) is 47.2 Å². The number of carbonyl (C=O) groups is 1. The van der Waals surface area contributed by atoms with Gasteiger partial charge in [0.25, 0.3) is 0 Å². The minimum atomic E-state index is -1.03. The van der Waals surface area contributed by atoms with Crippen LogP contribution in [0.4, 0.5) is 0 Å². The first-order valence-electron chi connectivity index (χ1n) is 10.6. The van der Waals surface area contributed by atoms with Crippen LogP contribution in [0.1, 0.15) is 27.0 Å². The highest BCUT2D eigenvalue weighted by Crippen LogP contribution is 2.57. The van der Waals surface area contributed by atoms with Gasteiger partial charge in [0.2, 0.25) is 0 Å². The second kappa shape index (κ2) is 6.91. The Morgan fingerprint density at radius 1 is 0.636 bits per heavy atom. The molecule has 2 aliphatic rings. The van der Waals surface area contributed by atoms with Gasteiger partial charge in [-0.3, -0.25) is 0 Å². The molecule has 0 N–H and O–H groups in total. The third-order valence-electron chi connectivity index (χ3n) is 6.33. The van der Waals surface area contributed by atoms with Crippen molar-refractivity contribution in [2.75, 3.05) is 0 Å². The zero-order valence-electron chi connectivity index (χ0n) is 17.3. The van der Waals surface area contributed by atoms with Gasteiger partial charge in [0.1, 0.15) is 11.5 Å². The van der Waals surface area contributed by atoms with Crippen LogP contribution in [-0.4, -0.2) is 5.97 Å². The van der Waals surface area contributed by atoms with Crippen LogP contribution in [-0.2, 0) is 10.3 Å². The molecular formula is C28H16O3S2. The molecule has 0 bridgehead atoms. The summed E-state index contributed by atoms with van der Waals surface area (Å²) in [6.45, 7) is 0. The first kappa shape index (κ1) is 18.9. The van der Waals surface area contributed by atoms with Crippen LogP contribution in [0.2, 0.25) is 0 Å². The third kappa shape index (κ3) is 2.64. The molecule has 158 valence electrons. The summed E-state index contributed by atoms with van der Waals surface area (Å²) in [4.78, 5) is 15.3. The fourth-order valence-corrected chi connectivity index (χ4v) is 6.32. The van der Waals surface area contributed by atoms with Gasteiger partial charge >= 0.3 is 5.97 Å². The van der Waals surface area contributed by atoms with Gasteiger partial charge in [-0.15, -0.1) is 22.7 Å². The first-order chi connectivity index (χ1) is 16.2. The summed E-state index contributed by atoms with van der Waals surface area (Å²) in [7, 11) is 0. The largest absolute Gasteiger partial charge is 0.456 e. The SMILES string of the molecule is O=C1OC2(c3ccc(-c4cccs4)cc3Oc3cc(-c4cccs4)ccc32)c2ccccc21. The molecule has 3 nitrogen and oxygen atoms in total. The number of hydrogen-bond donors (Lipinski definition) is 0. The van der Waals surface area contributed by atoms with Crippen LogP contribution in [0.5, 0.6) is 11.5 Å². The second-order valence-electron chi connectivity index (χ2n) is 8.09. The quantitative estimate of drug-likeness (QED) is 0.251. The molecule has 0 unspecified atom stereocenters. The number of hydrogen-bond acceptors (Lipinski definition) is 5. The number of ether oxygens (including phenoxy) is 2. The maximum atomic E-state index is 13.0. The molecule has 0 fully saturated rings. The van der Waals surface area contributed by atoms with Crippen molar-refractivity contribution >= 4 is 28.6 Å². The Kier molecular flexibility index (Phi) is 3.95. The number of esters is 1. The van der Waals surface area contributed by atoms with Crippen molar-refractivity contribution in [3.63, 3.8) is 0 Å². The summed E-state index contributed by atoms with van der Waals surface area (Å²) >= 11 is 3.37. The lowest BCUT2D eigenvalue weighted by atomic mass is 9.77. The topological polar surface area (TPSA) is 35.5 Å². The number of carbonyl (C=O) groups excluding carboxylic acids is 1. The van der Waals surface area contributed by atoms with Crippen molar-refractivity contribution in [2.24, 2.45) is 0 Å². The first-order valence-corrected chi connectivity index (χ1v) is 12.4. The van der Waals surface area contributed by atoms with E-state index in [0.29, 0.717) is 17.1 Å². The molecule has 0 radical (unpaired) electrons. The molecule has 1 spiro atoms. The Hall–Kier alpha value is -3.67. The molecule has 2 aromatic heterocycles. The number of rotatable bonds is 2. The van der Waals surface area contributed by atoms with Crippen LogP contribution < -0.4 is 4.74 Å². The maximum absolute atomic E-state index is 13.0. The molecule has 4 heterocycles. The van der Waals surface area contributed by atoms with Crippen molar-refractivity contribution in [3.05, 3.63) is 118 Å². The van der Waals surface area contributed by atoms with Gasteiger partial charge in [0.05, 0.1) is 5.56 Å². The molecule has 5 heteroatoms. The monoisotopic (exact) mass is 464 g/mol. The molecule has 0 saturated heterocycles. The van der Waals surface area contributed by atoms with Crippen LogP contribution in [0, 0.1) is 0 Å². The van der Waals surface area contributed by atoms with Gasteiger partial charge in [-0.2, -0.15) is 0 Å². The second-order valence-corrected chi connectivity index (χ2v) is 9.99. The molecule has 0 saturated carbocycles. The van der Waals surface area contributed by atoms with Crippen molar-refractivity contribution < 1.29 is 14.3 Å². The zero-order chi connectivity index (χ0) is 22.0. The molecule has 0 amide bonds. The summed E-state index contributed by atoms with van der Waals surface area (Å²) < 4.78 is 12.8. The van der Waals surface area contributed by atoms with Gasteiger partial charge in [0.15, 0.2) is 5.60 Å². The lowest BCUT2D eigenvalue weighted by Gasteiger charge is -2.36. The lowest BCUT2D eigenvalue weighted by Crippen LogP contribution is -2.33.